The van der Waals surface area contributed by atoms with Crippen LogP contribution in [0.1, 0.15) is 6.92 Å². The third-order valence-electron chi connectivity index (χ3n) is 4.42. The van der Waals surface area contributed by atoms with Gasteiger partial charge in [0.25, 0.3) is 0 Å². The van der Waals surface area contributed by atoms with Crippen molar-refractivity contribution in [3.05, 3.63) is 67.0 Å². The Bertz CT molecular complexity index is 1130. The maximum Gasteiger partial charge on any atom is 0.237 e. The van der Waals surface area contributed by atoms with Gasteiger partial charge in [0.05, 0.1) is 5.25 Å². The summed E-state index contributed by atoms with van der Waals surface area (Å²) in [7, 11) is 1.89. The van der Waals surface area contributed by atoms with Crippen LogP contribution in [0.4, 0.5) is 5.69 Å². The summed E-state index contributed by atoms with van der Waals surface area (Å²) in [5, 5.41) is 14.0. The van der Waals surface area contributed by atoms with E-state index >= 15 is 0 Å². The Morgan fingerprint density at radius 1 is 1.07 bits per heavy atom. The first kappa shape index (κ1) is 18.2. The van der Waals surface area contributed by atoms with Crippen molar-refractivity contribution in [2.45, 2.75) is 17.3 Å². The highest BCUT2D eigenvalue weighted by molar-refractivity contribution is 8.00. The second-order valence-corrected chi connectivity index (χ2v) is 7.73. The van der Waals surface area contributed by atoms with Gasteiger partial charge in [-0.1, -0.05) is 42.1 Å². The Hall–Kier alpha value is -3.19. The largest absolute Gasteiger partial charge is 0.325 e. The van der Waals surface area contributed by atoms with Crippen LogP contribution in [0.2, 0.25) is 0 Å². The molecule has 4 rings (SSSR count). The molecule has 2 aromatic carbocycles. The Morgan fingerprint density at radius 3 is 2.68 bits per heavy atom. The SMILES string of the molecule is CC(Sc1nnc(-c2cccnc2)n1C)C(=O)Nc1ccc2ccccc2c1. The van der Waals surface area contributed by atoms with Crippen LogP contribution in [0.25, 0.3) is 22.2 Å². The Kier molecular flexibility index (Phi) is 5.08. The third kappa shape index (κ3) is 3.75. The minimum atomic E-state index is -0.323. The number of carbonyl (C=O) groups is 1. The van der Waals surface area contributed by atoms with E-state index in [0.29, 0.717) is 5.16 Å². The van der Waals surface area contributed by atoms with Crippen molar-refractivity contribution >= 4 is 34.1 Å². The molecule has 0 aliphatic rings. The second-order valence-electron chi connectivity index (χ2n) is 6.42. The Balaban J connectivity index is 1.46. The van der Waals surface area contributed by atoms with Gasteiger partial charge in [0.2, 0.25) is 5.91 Å². The molecule has 7 heteroatoms. The number of rotatable bonds is 5. The van der Waals surface area contributed by atoms with Crippen LogP contribution in [-0.2, 0) is 11.8 Å². The van der Waals surface area contributed by atoms with Gasteiger partial charge in [0, 0.05) is 30.7 Å². The van der Waals surface area contributed by atoms with Gasteiger partial charge < -0.3 is 9.88 Å². The van der Waals surface area contributed by atoms with Crippen molar-refractivity contribution < 1.29 is 4.79 Å². The maximum absolute atomic E-state index is 12.6. The predicted molar refractivity (Wildman–Crippen MR) is 112 cm³/mol. The zero-order chi connectivity index (χ0) is 19.5. The monoisotopic (exact) mass is 389 g/mol. The van der Waals surface area contributed by atoms with Crippen molar-refractivity contribution in [1.29, 1.82) is 0 Å². The number of hydrogen-bond donors (Lipinski definition) is 1. The number of aromatic nitrogens is 4. The average molecular weight is 389 g/mol. The highest BCUT2D eigenvalue weighted by Crippen LogP contribution is 2.26. The summed E-state index contributed by atoms with van der Waals surface area (Å²) < 4.78 is 1.88. The number of pyridine rings is 1. The van der Waals surface area contributed by atoms with Gasteiger partial charge in [0.15, 0.2) is 11.0 Å². The number of amides is 1. The van der Waals surface area contributed by atoms with E-state index in [1.54, 1.807) is 12.4 Å². The number of hydrogen-bond acceptors (Lipinski definition) is 5. The van der Waals surface area contributed by atoms with Crippen LogP contribution in [-0.4, -0.2) is 30.9 Å². The molecule has 0 saturated heterocycles. The topological polar surface area (TPSA) is 72.7 Å². The highest BCUT2D eigenvalue weighted by Gasteiger charge is 2.19. The van der Waals surface area contributed by atoms with Crippen LogP contribution in [0.5, 0.6) is 0 Å². The molecule has 28 heavy (non-hydrogen) atoms. The molecule has 0 radical (unpaired) electrons. The van der Waals surface area contributed by atoms with E-state index < -0.39 is 0 Å². The van der Waals surface area contributed by atoms with Gasteiger partial charge in [-0.25, -0.2) is 0 Å². The van der Waals surface area contributed by atoms with Crippen LogP contribution < -0.4 is 5.32 Å². The molecule has 0 bridgehead atoms. The van der Waals surface area contributed by atoms with Crippen molar-refractivity contribution in [2.75, 3.05) is 5.32 Å². The quantitative estimate of drug-likeness (QED) is 0.519. The molecule has 0 aliphatic heterocycles. The minimum Gasteiger partial charge on any atom is -0.325 e. The molecule has 1 atom stereocenters. The molecular formula is C21H19N5OS. The Labute approximate surface area is 167 Å². The summed E-state index contributed by atoms with van der Waals surface area (Å²) in [5.74, 6) is 0.643. The zero-order valence-electron chi connectivity index (χ0n) is 15.5. The average Bonchev–Trinajstić information content (AvgIpc) is 3.08. The maximum atomic E-state index is 12.6. The first-order valence-electron chi connectivity index (χ1n) is 8.88. The molecule has 4 aromatic rings. The van der Waals surface area contributed by atoms with E-state index in [9.17, 15) is 4.79 Å². The van der Waals surface area contributed by atoms with Crippen LogP contribution >= 0.6 is 11.8 Å². The normalized spacial score (nSPS) is 12.1. The summed E-state index contributed by atoms with van der Waals surface area (Å²) in [5.41, 5.74) is 1.67. The van der Waals surface area contributed by atoms with Gasteiger partial charge in [-0.05, 0) is 42.0 Å². The lowest BCUT2D eigenvalue weighted by Gasteiger charge is -2.12. The Morgan fingerprint density at radius 2 is 1.89 bits per heavy atom. The lowest BCUT2D eigenvalue weighted by Crippen LogP contribution is -2.22. The smallest absolute Gasteiger partial charge is 0.237 e. The lowest BCUT2D eigenvalue weighted by atomic mass is 10.1. The number of carbonyl (C=O) groups excluding carboxylic acids is 1. The van der Waals surface area contributed by atoms with Gasteiger partial charge in [-0.2, -0.15) is 0 Å². The van der Waals surface area contributed by atoms with Crippen molar-refractivity contribution in [3.8, 4) is 11.4 Å². The van der Waals surface area contributed by atoms with E-state index in [-0.39, 0.29) is 11.2 Å². The van der Waals surface area contributed by atoms with E-state index in [4.69, 9.17) is 0 Å². The summed E-state index contributed by atoms with van der Waals surface area (Å²) in [6.45, 7) is 1.86. The minimum absolute atomic E-state index is 0.0776. The highest BCUT2D eigenvalue weighted by atomic mass is 32.2. The van der Waals surface area contributed by atoms with Crippen molar-refractivity contribution in [2.24, 2.45) is 7.05 Å². The van der Waals surface area contributed by atoms with E-state index in [0.717, 1.165) is 27.8 Å². The van der Waals surface area contributed by atoms with Crippen molar-refractivity contribution in [1.82, 2.24) is 19.7 Å². The second kappa shape index (κ2) is 7.82. The predicted octanol–water partition coefficient (Wildman–Crippen LogP) is 4.15. The molecule has 2 heterocycles. The molecule has 0 fully saturated rings. The molecule has 6 nitrogen and oxygen atoms in total. The molecule has 1 N–H and O–H groups in total. The van der Waals surface area contributed by atoms with Gasteiger partial charge in [0.1, 0.15) is 0 Å². The first-order chi connectivity index (χ1) is 13.6. The molecule has 0 saturated carbocycles. The van der Waals surface area contributed by atoms with E-state index in [1.165, 1.54) is 11.8 Å². The van der Waals surface area contributed by atoms with E-state index in [1.807, 2.05) is 73.1 Å². The number of nitrogens with one attached hydrogen (secondary N) is 1. The molecule has 0 aliphatic carbocycles. The third-order valence-corrected chi connectivity index (χ3v) is 5.56. The van der Waals surface area contributed by atoms with Crippen molar-refractivity contribution in [3.63, 3.8) is 0 Å². The molecule has 1 unspecified atom stereocenters. The molecular weight excluding hydrogens is 370 g/mol. The van der Waals surface area contributed by atoms with Crippen LogP contribution in [0.3, 0.4) is 0 Å². The van der Waals surface area contributed by atoms with E-state index in [2.05, 4.69) is 20.5 Å². The summed E-state index contributed by atoms with van der Waals surface area (Å²) in [6, 6.07) is 17.8. The summed E-state index contributed by atoms with van der Waals surface area (Å²) >= 11 is 1.37. The fourth-order valence-corrected chi connectivity index (χ4v) is 3.70. The number of anilines is 1. The lowest BCUT2D eigenvalue weighted by molar-refractivity contribution is -0.115. The number of benzene rings is 2. The van der Waals surface area contributed by atoms with Gasteiger partial charge in [-0.3, -0.25) is 9.78 Å². The zero-order valence-corrected chi connectivity index (χ0v) is 16.4. The van der Waals surface area contributed by atoms with Gasteiger partial charge >= 0.3 is 0 Å². The molecule has 140 valence electrons. The van der Waals surface area contributed by atoms with Crippen LogP contribution in [0.15, 0.2) is 72.1 Å². The number of thioether (sulfide) groups is 1. The summed E-state index contributed by atoms with van der Waals surface area (Å²) in [6.07, 6.45) is 3.46. The first-order valence-corrected chi connectivity index (χ1v) is 9.76. The fraction of sp³-hybridized carbons (Fsp3) is 0.143. The molecule has 1 amide bonds. The molecule has 0 spiro atoms. The standard InChI is InChI=1S/C21H19N5OS/c1-14(20(27)23-18-10-9-15-6-3-4-7-16(15)12-18)28-21-25-24-19(26(21)2)17-8-5-11-22-13-17/h3-14H,1-2H3,(H,23,27). The van der Waals surface area contributed by atoms with Crippen LogP contribution in [0, 0.1) is 0 Å². The number of fused-ring (bicyclic) bond motifs is 1. The fourth-order valence-electron chi connectivity index (χ4n) is 2.89. The summed E-state index contributed by atoms with van der Waals surface area (Å²) in [4.78, 5) is 16.8. The molecule has 2 aromatic heterocycles. The van der Waals surface area contributed by atoms with Gasteiger partial charge in [-0.15, -0.1) is 10.2 Å². The number of nitrogens with zero attached hydrogens (tertiary/aromatic N) is 4.